The lowest BCUT2D eigenvalue weighted by Gasteiger charge is -2.14. The fourth-order valence-corrected chi connectivity index (χ4v) is 1.11. The molecule has 0 aromatic carbocycles. The number of carboxylic acids is 1. The number of rotatable bonds is 3. The number of carboxylic acid groups (broad SMARTS) is 1. The molecule has 1 rings (SSSR count). The number of halogens is 5. The highest BCUT2D eigenvalue weighted by atomic mass is 19.4. The molecule has 0 aliphatic carbocycles. The zero-order valence-electron chi connectivity index (χ0n) is 8.22. The highest BCUT2D eigenvalue weighted by Gasteiger charge is 2.36. The van der Waals surface area contributed by atoms with Crippen molar-refractivity contribution in [2.24, 2.45) is 0 Å². The third-order valence-corrected chi connectivity index (χ3v) is 1.69. The topological polar surface area (TPSA) is 79.4 Å². The summed E-state index contributed by atoms with van der Waals surface area (Å²) in [5.74, 6) is -3.63. The lowest BCUT2D eigenvalue weighted by molar-refractivity contribution is -0.275. The maximum absolute atomic E-state index is 12.4. The van der Waals surface area contributed by atoms with E-state index in [-0.39, 0.29) is 6.07 Å². The zero-order valence-corrected chi connectivity index (χ0v) is 8.22. The lowest BCUT2D eigenvalue weighted by Crippen LogP contribution is -2.23. The Bertz CT molecular complexity index is 521. The van der Waals surface area contributed by atoms with Crippen LogP contribution in [0.1, 0.15) is 22.5 Å². The second kappa shape index (κ2) is 4.63. The Hall–Kier alpha value is -2.13. The first kappa shape index (κ1) is 13.9. The maximum atomic E-state index is 12.4. The number of carbonyl (C=O) groups is 1. The van der Waals surface area contributed by atoms with Gasteiger partial charge in [-0.1, -0.05) is 0 Å². The molecule has 10 heteroatoms. The van der Waals surface area contributed by atoms with E-state index < -0.39 is 41.3 Å². The molecule has 1 aromatic heterocycles. The number of hydrogen-bond acceptors (Lipinski definition) is 3. The lowest BCUT2D eigenvalue weighted by atomic mass is 10.2. The predicted molar refractivity (Wildman–Crippen MR) is 45.7 cm³/mol. The molecule has 1 heterocycles. The van der Waals surface area contributed by atoms with Gasteiger partial charge in [-0.15, -0.1) is 13.2 Å². The quantitative estimate of drug-likeness (QED) is 0.824. The number of hydrogen-bond donors (Lipinski definition) is 2. The van der Waals surface area contributed by atoms with Crippen LogP contribution in [0.2, 0.25) is 0 Å². The van der Waals surface area contributed by atoms with E-state index in [0.29, 0.717) is 0 Å². The molecular weight excluding hydrogens is 269 g/mol. The average molecular weight is 273 g/mol. The summed E-state index contributed by atoms with van der Waals surface area (Å²) in [6.45, 7) is 0. The molecule has 0 fully saturated rings. The van der Waals surface area contributed by atoms with Gasteiger partial charge in [-0.3, -0.25) is 4.79 Å². The second-order valence-electron chi connectivity index (χ2n) is 2.94. The Labute approximate surface area is 94.8 Å². The van der Waals surface area contributed by atoms with Crippen molar-refractivity contribution in [3.05, 3.63) is 27.7 Å². The molecule has 0 amide bonds. The Balaban J connectivity index is 3.51. The number of ether oxygens (including phenoxy) is 1. The van der Waals surface area contributed by atoms with Gasteiger partial charge >= 0.3 is 12.3 Å². The number of pyridine rings is 1. The van der Waals surface area contributed by atoms with E-state index in [0.717, 1.165) is 0 Å². The van der Waals surface area contributed by atoms with E-state index in [1.54, 1.807) is 0 Å². The Morgan fingerprint density at radius 2 is 1.94 bits per heavy atom. The smallest absolute Gasteiger partial charge is 0.478 e. The summed E-state index contributed by atoms with van der Waals surface area (Å²) in [6, 6.07) is 0.218. The molecule has 100 valence electrons. The van der Waals surface area contributed by atoms with Crippen molar-refractivity contribution in [3.8, 4) is 5.75 Å². The first-order valence-corrected chi connectivity index (χ1v) is 4.16. The van der Waals surface area contributed by atoms with Gasteiger partial charge < -0.3 is 14.8 Å². The number of nitrogens with one attached hydrogen (secondary N) is 1. The van der Waals surface area contributed by atoms with Gasteiger partial charge in [0.05, 0.1) is 0 Å². The first-order valence-electron chi connectivity index (χ1n) is 4.16. The molecular formula is C8H4F5NO4. The fourth-order valence-electron chi connectivity index (χ4n) is 1.11. The molecule has 0 radical (unpaired) electrons. The van der Waals surface area contributed by atoms with Crippen LogP contribution in [0.5, 0.6) is 5.75 Å². The maximum Gasteiger partial charge on any atom is 0.573 e. The Kier molecular flexibility index (Phi) is 3.58. The van der Waals surface area contributed by atoms with E-state index in [2.05, 4.69) is 4.74 Å². The second-order valence-corrected chi connectivity index (χ2v) is 2.94. The van der Waals surface area contributed by atoms with Crippen molar-refractivity contribution in [3.63, 3.8) is 0 Å². The van der Waals surface area contributed by atoms with E-state index in [1.165, 1.54) is 4.98 Å². The molecule has 0 saturated heterocycles. The van der Waals surface area contributed by atoms with Gasteiger partial charge in [0, 0.05) is 6.07 Å². The van der Waals surface area contributed by atoms with Gasteiger partial charge in [0.25, 0.3) is 6.43 Å². The SMILES string of the molecule is O=C(O)c1cc(=O)[nH]c(C(F)F)c1OC(F)(F)F. The highest BCUT2D eigenvalue weighted by Crippen LogP contribution is 2.33. The summed E-state index contributed by atoms with van der Waals surface area (Å²) in [6.07, 6.45) is -8.90. The number of aromatic amines is 1. The number of H-pyrrole nitrogens is 1. The predicted octanol–water partition coefficient (Wildman–Crippen LogP) is 1.91. The van der Waals surface area contributed by atoms with Crippen LogP contribution in [0.4, 0.5) is 22.0 Å². The Morgan fingerprint density at radius 3 is 2.33 bits per heavy atom. The molecule has 5 nitrogen and oxygen atoms in total. The summed E-state index contributed by atoms with van der Waals surface area (Å²) >= 11 is 0. The monoisotopic (exact) mass is 273 g/mol. The molecule has 0 aliphatic heterocycles. The number of aromatic carboxylic acids is 1. The molecule has 0 aliphatic rings. The number of aromatic nitrogens is 1. The molecule has 0 unspecified atom stereocenters. The minimum atomic E-state index is -5.37. The van der Waals surface area contributed by atoms with Crippen LogP contribution < -0.4 is 10.3 Å². The summed E-state index contributed by atoms with van der Waals surface area (Å²) < 4.78 is 64.0. The van der Waals surface area contributed by atoms with Gasteiger partial charge in [-0.2, -0.15) is 0 Å². The standard InChI is InChI=1S/C8H4F5NO4/c9-6(10)4-5(18-8(11,12)13)2(7(16)17)1-3(15)14-4/h1,6H,(H,14,15)(H,16,17). The normalized spacial score (nSPS) is 11.7. The van der Waals surface area contributed by atoms with E-state index in [9.17, 15) is 31.5 Å². The van der Waals surface area contributed by atoms with Gasteiger partial charge in [0.1, 0.15) is 11.3 Å². The molecule has 2 N–H and O–H groups in total. The van der Waals surface area contributed by atoms with E-state index >= 15 is 0 Å². The van der Waals surface area contributed by atoms with Crippen molar-refractivity contribution in [1.29, 1.82) is 0 Å². The minimum absolute atomic E-state index is 0.218. The third-order valence-electron chi connectivity index (χ3n) is 1.69. The molecule has 0 saturated carbocycles. The molecule has 0 atom stereocenters. The molecule has 0 bridgehead atoms. The molecule has 18 heavy (non-hydrogen) atoms. The number of alkyl halides is 5. The summed E-state index contributed by atoms with van der Waals surface area (Å²) in [4.78, 5) is 22.8. The minimum Gasteiger partial charge on any atom is -0.478 e. The van der Waals surface area contributed by atoms with Crippen molar-refractivity contribution in [1.82, 2.24) is 4.98 Å². The summed E-state index contributed by atoms with van der Waals surface area (Å²) in [5, 5.41) is 8.55. The average Bonchev–Trinajstić information content (AvgIpc) is 2.17. The van der Waals surface area contributed by atoms with E-state index in [4.69, 9.17) is 5.11 Å². The van der Waals surface area contributed by atoms with Crippen LogP contribution in [-0.2, 0) is 0 Å². The fraction of sp³-hybridized carbons (Fsp3) is 0.250. The summed E-state index contributed by atoms with van der Waals surface area (Å²) in [7, 11) is 0. The van der Waals surface area contributed by atoms with Crippen LogP contribution in [0.3, 0.4) is 0 Å². The third kappa shape index (κ3) is 3.18. The molecule has 0 spiro atoms. The van der Waals surface area contributed by atoms with Crippen molar-refractivity contribution in [2.45, 2.75) is 12.8 Å². The molecule has 1 aromatic rings. The van der Waals surface area contributed by atoms with Crippen LogP contribution in [-0.4, -0.2) is 22.4 Å². The van der Waals surface area contributed by atoms with E-state index in [1.807, 2.05) is 0 Å². The van der Waals surface area contributed by atoms with Crippen molar-refractivity contribution in [2.75, 3.05) is 0 Å². The van der Waals surface area contributed by atoms with Gasteiger partial charge in [0.15, 0.2) is 5.75 Å². The van der Waals surface area contributed by atoms with Gasteiger partial charge in [-0.05, 0) is 0 Å². The van der Waals surface area contributed by atoms with Crippen molar-refractivity contribution < 1.29 is 36.6 Å². The van der Waals surface area contributed by atoms with Gasteiger partial charge in [-0.25, -0.2) is 13.6 Å². The largest absolute Gasteiger partial charge is 0.573 e. The highest BCUT2D eigenvalue weighted by molar-refractivity contribution is 5.91. The van der Waals surface area contributed by atoms with Crippen LogP contribution in [0.15, 0.2) is 10.9 Å². The zero-order chi connectivity index (χ0) is 14.1. The summed E-state index contributed by atoms with van der Waals surface area (Å²) in [5.41, 5.74) is -4.12. The Morgan fingerprint density at radius 1 is 1.39 bits per heavy atom. The first-order chi connectivity index (χ1) is 8.11. The van der Waals surface area contributed by atoms with Crippen LogP contribution in [0.25, 0.3) is 0 Å². The van der Waals surface area contributed by atoms with Crippen molar-refractivity contribution >= 4 is 5.97 Å². The van der Waals surface area contributed by atoms with Gasteiger partial charge in [0.2, 0.25) is 5.56 Å². The van der Waals surface area contributed by atoms with Crippen LogP contribution in [0, 0.1) is 0 Å². The van der Waals surface area contributed by atoms with Crippen LogP contribution >= 0.6 is 0 Å².